The van der Waals surface area contributed by atoms with Crippen molar-refractivity contribution in [2.45, 2.75) is 30.7 Å². The fraction of sp³-hybridized carbons (Fsp3) is 0.370. The third-order valence-electron chi connectivity index (χ3n) is 6.36. The summed E-state index contributed by atoms with van der Waals surface area (Å²) in [6.07, 6.45) is 1.19. The zero-order valence-electron chi connectivity index (χ0n) is 20.9. The molecule has 3 aromatic rings. The molecule has 7 nitrogen and oxygen atoms in total. The molecular weight excluding hydrogens is 532 g/mol. The van der Waals surface area contributed by atoms with E-state index in [1.807, 2.05) is 42.6 Å². The number of hydrogen-bond acceptors (Lipinski definition) is 6. The number of sulfonamides is 1. The van der Waals surface area contributed by atoms with E-state index in [0.717, 1.165) is 23.3 Å². The largest absolute Gasteiger partial charge is 0.491 e. The Hall–Kier alpha value is -2.43. The monoisotopic (exact) mass is 562 g/mol. The number of aryl methyl sites for hydroxylation is 1. The molecule has 2 aromatic carbocycles. The third kappa shape index (κ3) is 6.72. The molecule has 0 saturated carbocycles. The first kappa shape index (κ1) is 27.6. The van der Waals surface area contributed by atoms with Gasteiger partial charge in [-0.2, -0.15) is 4.31 Å². The molecule has 0 unspecified atom stereocenters. The number of hydrogen-bond donors (Lipinski definition) is 0. The molecular formula is C27H31ClN2O5S2. The van der Waals surface area contributed by atoms with Crippen molar-refractivity contribution in [3.8, 4) is 5.75 Å². The number of amides is 1. The highest BCUT2D eigenvalue weighted by Gasteiger charge is 2.35. The quantitative estimate of drug-likeness (QED) is 0.309. The summed E-state index contributed by atoms with van der Waals surface area (Å²) in [5, 5.41) is 2.47. The van der Waals surface area contributed by atoms with Crippen molar-refractivity contribution < 1.29 is 22.7 Å². The van der Waals surface area contributed by atoms with Gasteiger partial charge in [0.2, 0.25) is 15.9 Å². The van der Waals surface area contributed by atoms with Gasteiger partial charge < -0.3 is 14.4 Å². The molecule has 0 N–H and O–H groups in total. The maximum Gasteiger partial charge on any atom is 0.243 e. The fourth-order valence-corrected chi connectivity index (χ4v) is 6.83. The number of carbonyl (C=O) groups excluding carboxylic acids is 1. The first-order valence-corrected chi connectivity index (χ1v) is 14.8. The Morgan fingerprint density at radius 3 is 2.57 bits per heavy atom. The number of benzene rings is 2. The summed E-state index contributed by atoms with van der Waals surface area (Å²) in [6.45, 7) is 3.07. The molecule has 1 atom stereocenters. The van der Waals surface area contributed by atoms with Crippen molar-refractivity contribution >= 4 is 38.9 Å². The first-order chi connectivity index (χ1) is 17.8. The van der Waals surface area contributed by atoms with Gasteiger partial charge in [0.15, 0.2) is 0 Å². The molecule has 1 aliphatic rings. The van der Waals surface area contributed by atoms with Crippen LogP contribution in [0.2, 0.25) is 5.02 Å². The number of halogens is 1. The third-order valence-corrected chi connectivity index (χ3v) is 9.47. The van der Waals surface area contributed by atoms with Crippen molar-refractivity contribution in [3.63, 3.8) is 0 Å². The van der Waals surface area contributed by atoms with Gasteiger partial charge in [0.1, 0.15) is 12.4 Å². The Balaban J connectivity index is 1.55. The Morgan fingerprint density at radius 2 is 1.86 bits per heavy atom. The lowest BCUT2D eigenvalue weighted by molar-refractivity contribution is -0.135. The van der Waals surface area contributed by atoms with Crippen LogP contribution in [0, 0.1) is 6.92 Å². The fourth-order valence-electron chi connectivity index (χ4n) is 4.35. The predicted molar refractivity (Wildman–Crippen MR) is 146 cm³/mol. The summed E-state index contributed by atoms with van der Waals surface area (Å²) < 4.78 is 39.4. The summed E-state index contributed by atoms with van der Waals surface area (Å²) in [6, 6.07) is 15.5. The van der Waals surface area contributed by atoms with Crippen LogP contribution in [-0.4, -0.2) is 63.5 Å². The summed E-state index contributed by atoms with van der Waals surface area (Å²) in [7, 11) is -2.35. The smallest absolute Gasteiger partial charge is 0.243 e. The van der Waals surface area contributed by atoms with E-state index in [1.165, 1.54) is 33.4 Å². The van der Waals surface area contributed by atoms with Gasteiger partial charge in [0, 0.05) is 36.7 Å². The molecule has 1 aromatic heterocycles. The lowest BCUT2D eigenvalue weighted by Crippen LogP contribution is -2.48. The average Bonchev–Trinajstić information content (AvgIpc) is 3.37. The van der Waals surface area contributed by atoms with Crippen molar-refractivity contribution in [1.29, 1.82) is 0 Å². The molecule has 0 aliphatic carbocycles. The minimum atomic E-state index is -3.92. The highest BCUT2D eigenvalue weighted by atomic mass is 35.5. The molecule has 37 heavy (non-hydrogen) atoms. The van der Waals surface area contributed by atoms with Crippen LogP contribution in [-0.2, 0) is 26.0 Å². The lowest BCUT2D eigenvalue weighted by atomic mass is 10.0. The van der Waals surface area contributed by atoms with E-state index in [4.69, 9.17) is 21.1 Å². The van der Waals surface area contributed by atoms with E-state index in [0.29, 0.717) is 24.6 Å². The van der Waals surface area contributed by atoms with E-state index in [9.17, 15) is 13.2 Å². The number of methoxy groups -OCH3 is 1. The van der Waals surface area contributed by atoms with Crippen LogP contribution < -0.4 is 4.74 Å². The lowest BCUT2D eigenvalue weighted by Gasteiger charge is -2.37. The standard InChI is InChI=1S/C27H31ClN2O5S2/c1-20-4-8-22(9-5-20)35-19-25-24-13-17-36-26(24)12-15-30(25)27(31)18-29(14-3-16-34-2)37(32,33)23-10-6-21(28)7-11-23/h4-11,13,17,25H,3,12,14-16,18-19H2,1-2H3/t25-/m1/s1. The van der Waals surface area contributed by atoms with Crippen molar-refractivity contribution in [2.24, 2.45) is 0 Å². The van der Waals surface area contributed by atoms with E-state index < -0.39 is 10.0 Å². The molecule has 4 rings (SSSR count). The zero-order chi connectivity index (χ0) is 26.4. The van der Waals surface area contributed by atoms with Gasteiger partial charge in [-0.1, -0.05) is 29.3 Å². The highest BCUT2D eigenvalue weighted by Crippen LogP contribution is 2.34. The minimum absolute atomic E-state index is 0.0973. The van der Waals surface area contributed by atoms with E-state index in [2.05, 4.69) is 0 Å². The highest BCUT2D eigenvalue weighted by molar-refractivity contribution is 7.89. The van der Waals surface area contributed by atoms with Crippen LogP contribution in [0.25, 0.3) is 0 Å². The van der Waals surface area contributed by atoms with Gasteiger partial charge in [-0.05, 0) is 73.2 Å². The maximum atomic E-state index is 13.7. The Morgan fingerprint density at radius 1 is 1.14 bits per heavy atom. The van der Waals surface area contributed by atoms with Crippen LogP contribution in [0.15, 0.2) is 64.9 Å². The molecule has 0 fully saturated rings. The molecule has 2 heterocycles. The Kier molecular flexibility index (Phi) is 9.26. The zero-order valence-corrected chi connectivity index (χ0v) is 23.3. The number of thiophene rings is 1. The van der Waals surface area contributed by atoms with Gasteiger partial charge >= 0.3 is 0 Å². The van der Waals surface area contributed by atoms with E-state index in [1.54, 1.807) is 23.3 Å². The second-order valence-corrected chi connectivity index (χ2v) is 12.3. The van der Waals surface area contributed by atoms with Gasteiger partial charge in [0.05, 0.1) is 17.5 Å². The topological polar surface area (TPSA) is 76.2 Å². The second-order valence-electron chi connectivity index (χ2n) is 8.91. The molecule has 10 heteroatoms. The normalized spacial score (nSPS) is 15.6. The number of rotatable bonds is 11. The SMILES string of the molecule is COCCCN(CC(=O)N1CCc2sccc2[C@H]1COc1ccc(C)cc1)S(=O)(=O)c1ccc(Cl)cc1. The van der Waals surface area contributed by atoms with E-state index >= 15 is 0 Å². The molecule has 0 spiro atoms. The van der Waals surface area contributed by atoms with Gasteiger partial charge in [-0.25, -0.2) is 8.42 Å². The first-order valence-electron chi connectivity index (χ1n) is 12.1. The second kappa shape index (κ2) is 12.4. The van der Waals surface area contributed by atoms with Crippen LogP contribution in [0.1, 0.15) is 28.5 Å². The molecule has 0 radical (unpaired) electrons. The minimum Gasteiger partial charge on any atom is -0.491 e. The molecule has 198 valence electrons. The predicted octanol–water partition coefficient (Wildman–Crippen LogP) is 4.94. The number of nitrogens with zero attached hydrogens (tertiary/aromatic N) is 2. The van der Waals surface area contributed by atoms with Gasteiger partial charge in [0.25, 0.3) is 0 Å². The summed E-state index contributed by atoms with van der Waals surface area (Å²) >= 11 is 7.63. The van der Waals surface area contributed by atoms with Gasteiger partial charge in [-0.3, -0.25) is 4.79 Å². The van der Waals surface area contributed by atoms with Gasteiger partial charge in [-0.15, -0.1) is 11.3 Å². The van der Waals surface area contributed by atoms with Crippen LogP contribution in [0.3, 0.4) is 0 Å². The van der Waals surface area contributed by atoms with Crippen LogP contribution >= 0.6 is 22.9 Å². The molecule has 1 aliphatic heterocycles. The van der Waals surface area contributed by atoms with Crippen LogP contribution in [0.5, 0.6) is 5.75 Å². The number of fused-ring (bicyclic) bond motifs is 1. The maximum absolute atomic E-state index is 13.7. The number of ether oxygens (including phenoxy) is 2. The summed E-state index contributed by atoms with van der Waals surface area (Å²) in [5.41, 5.74) is 2.20. The molecule has 1 amide bonds. The average molecular weight is 563 g/mol. The summed E-state index contributed by atoms with van der Waals surface area (Å²) in [5.74, 6) is 0.469. The molecule has 0 bridgehead atoms. The number of carbonyl (C=O) groups is 1. The van der Waals surface area contributed by atoms with Crippen molar-refractivity contribution in [1.82, 2.24) is 9.21 Å². The van der Waals surface area contributed by atoms with E-state index in [-0.39, 0.29) is 36.5 Å². The molecule has 0 saturated heterocycles. The van der Waals surface area contributed by atoms with Crippen molar-refractivity contribution in [2.75, 3.05) is 40.0 Å². The van der Waals surface area contributed by atoms with Crippen LogP contribution in [0.4, 0.5) is 0 Å². The van der Waals surface area contributed by atoms with Crippen molar-refractivity contribution in [3.05, 3.63) is 81.0 Å². The summed E-state index contributed by atoms with van der Waals surface area (Å²) in [4.78, 5) is 16.8. The Labute approximate surface area is 227 Å². The Bertz CT molecular complexity index is 1290.